The van der Waals surface area contributed by atoms with Gasteiger partial charge in [0.2, 0.25) is 5.91 Å². The van der Waals surface area contributed by atoms with Crippen molar-refractivity contribution in [2.24, 2.45) is 5.92 Å². The van der Waals surface area contributed by atoms with Gasteiger partial charge >= 0.3 is 5.97 Å². The summed E-state index contributed by atoms with van der Waals surface area (Å²) in [6, 6.07) is 7.24. The summed E-state index contributed by atoms with van der Waals surface area (Å²) in [5.41, 5.74) is 1.70. The zero-order chi connectivity index (χ0) is 21.8. The molecular weight excluding hydrogens is 412 g/mol. The Morgan fingerprint density at radius 1 is 1.26 bits per heavy atom. The van der Waals surface area contributed by atoms with E-state index in [1.165, 1.54) is 7.11 Å². The molecule has 2 aromatic rings. The van der Waals surface area contributed by atoms with E-state index in [0.29, 0.717) is 24.7 Å². The van der Waals surface area contributed by atoms with Crippen molar-refractivity contribution < 1.29 is 19.1 Å². The van der Waals surface area contributed by atoms with Crippen LogP contribution in [0.5, 0.6) is 5.75 Å². The van der Waals surface area contributed by atoms with Crippen LogP contribution in [0, 0.1) is 12.8 Å². The van der Waals surface area contributed by atoms with Crippen molar-refractivity contribution in [3.8, 4) is 5.75 Å². The Morgan fingerprint density at radius 3 is 2.84 bits per heavy atom. The number of esters is 1. The lowest BCUT2D eigenvalue weighted by Crippen LogP contribution is -2.45. The van der Waals surface area contributed by atoms with Crippen LogP contribution in [0.25, 0.3) is 6.08 Å². The number of aryl methyl sites for hydroxylation is 1. The Labute approximate surface area is 186 Å². The first-order valence-corrected chi connectivity index (χ1v) is 11.7. The number of fused-ring (bicyclic) bond motifs is 1. The van der Waals surface area contributed by atoms with E-state index < -0.39 is 6.04 Å². The molecular formula is C24H28N2O4S. The van der Waals surface area contributed by atoms with Gasteiger partial charge < -0.3 is 14.4 Å². The molecule has 0 N–H and O–H groups in total. The number of ether oxygens (including phenoxy) is 2. The first-order chi connectivity index (χ1) is 15.1. The summed E-state index contributed by atoms with van der Waals surface area (Å²) >= 11 is 1.59. The van der Waals surface area contributed by atoms with Crippen LogP contribution < -0.4 is 4.74 Å². The molecule has 0 spiro atoms. The molecule has 7 heteroatoms. The van der Waals surface area contributed by atoms with Gasteiger partial charge in [-0.3, -0.25) is 4.79 Å². The highest BCUT2D eigenvalue weighted by molar-refractivity contribution is 7.09. The summed E-state index contributed by atoms with van der Waals surface area (Å²) < 4.78 is 10.9. The normalized spacial score (nSPS) is 23.0. The van der Waals surface area contributed by atoms with Gasteiger partial charge in [0, 0.05) is 23.1 Å². The lowest BCUT2D eigenvalue weighted by molar-refractivity contribution is -0.150. The maximum absolute atomic E-state index is 13.2. The zero-order valence-corrected chi connectivity index (χ0v) is 18.8. The smallest absolute Gasteiger partial charge is 0.328 e. The topological polar surface area (TPSA) is 68.7 Å². The van der Waals surface area contributed by atoms with E-state index in [2.05, 4.69) is 4.98 Å². The molecule has 2 fully saturated rings. The van der Waals surface area contributed by atoms with Crippen molar-refractivity contribution in [2.75, 3.05) is 7.11 Å². The third-order valence-corrected chi connectivity index (χ3v) is 7.00. The number of hydrogen-bond acceptors (Lipinski definition) is 6. The molecule has 164 valence electrons. The minimum Gasteiger partial charge on any atom is -0.487 e. The highest BCUT2D eigenvalue weighted by atomic mass is 32.1. The Bertz CT molecular complexity index is 970. The monoisotopic (exact) mass is 440 g/mol. The average molecular weight is 441 g/mol. The first kappa shape index (κ1) is 21.6. The fourth-order valence-corrected chi connectivity index (χ4v) is 5.34. The molecule has 1 saturated heterocycles. The molecule has 6 nitrogen and oxygen atoms in total. The predicted molar refractivity (Wildman–Crippen MR) is 120 cm³/mol. The summed E-state index contributed by atoms with van der Waals surface area (Å²) in [6.45, 7) is 2.34. The number of aromatic nitrogens is 1. The van der Waals surface area contributed by atoms with Crippen molar-refractivity contribution in [3.05, 3.63) is 52.0 Å². The van der Waals surface area contributed by atoms with Gasteiger partial charge in [0.05, 0.1) is 17.8 Å². The third kappa shape index (κ3) is 4.82. The van der Waals surface area contributed by atoms with Gasteiger partial charge in [-0.15, -0.1) is 11.3 Å². The van der Waals surface area contributed by atoms with Gasteiger partial charge in [0.1, 0.15) is 18.4 Å². The van der Waals surface area contributed by atoms with E-state index in [0.717, 1.165) is 41.9 Å². The Kier molecular flexibility index (Phi) is 6.70. The van der Waals surface area contributed by atoms with Gasteiger partial charge in [-0.05, 0) is 44.2 Å². The third-order valence-electron chi connectivity index (χ3n) is 6.18. The molecule has 0 radical (unpaired) electrons. The number of likely N-dealkylation sites (tertiary alicyclic amines) is 1. The second kappa shape index (κ2) is 9.64. The minimum absolute atomic E-state index is 0.120. The van der Waals surface area contributed by atoms with Crippen LogP contribution >= 0.6 is 11.3 Å². The van der Waals surface area contributed by atoms with Crippen LogP contribution in [0.2, 0.25) is 0 Å². The van der Waals surface area contributed by atoms with Gasteiger partial charge in [-0.2, -0.15) is 0 Å². The Hall–Kier alpha value is -2.67. The standard InChI is InChI=1S/C24H28N2O4S/c1-16-25-19(15-31-16)14-30-22-10-6-4-7-17(22)11-12-23(27)26-20-9-5-3-8-18(20)13-21(26)24(28)29-2/h4,6-7,10-12,15,18,20-21H,3,5,8-9,13-14H2,1-2H3/b12-11+. The van der Waals surface area contributed by atoms with Gasteiger partial charge in [-0.25, -0.2) is 9.78 Å². The minimum atomic E-state index is -0.491. The van der Waals surface area contributed by atoms with E-state index in [1.807, 2.05) is 36.6 Å². The van der Waals surface area contributed by atoms with Crippen molar-refractivity contribution in [3.63, 3.8) is 0 Å². The van der Waals surface area contributed by atoms with Crippen LogP contribution in [0.1, 0.15) is 48.4 Å². The van der Waals surface area contributed by atoms with E-state index >= 15 is 0 Å². The number of para-hydroxylation sites is 1. The van der Waals surface area contributed by atoms with E-state index in [-0.39, 0.29) is 17.9 Å². The molecule has 3 atom stereocenters. The largest absolute Gasteiger partial charge is 0.487 e. The summed E-state index contributed by atoms with van der Waals surface area (Å²) in [5.74, 6) is 0.610. The Morgan fingerprint density at radius 2 is 2.06 bits per heavy atom. The van der Waals surface area contributed by atoms with Crippen LogP contribution in [-0.2, 0) is 20.9 Å². The fourth-order valence-electron chi connectivity index (χ4n) is 4.75. The maximum atomic E-state index is 13.2. The highest BCUT2D eigenvalue weighted by Gasteiger charge is 2.47. The predicted octanol–water partition coefficient (Wildman–Crippen LogP) is 4.38. The second-order valence-electron chi connectivity index (χ2n) is 8.15. The van der Waals surface area contributed by atoms with Gasteiger partial charge in [-0.1, -0.05) is 31.0 Å². The molecule has 1 aromatic heterocycles. The lowest BCUT2D eigenvalue weighted by atomic mass is 9.85. The molecule has 1 aliphatic carbocycles. The second-order valence-corrected chi connectivity index (χ2v) is 9.21. The molecule has 3 unspecified atom stereocenters. The summed E-state index contributed by atoms with van der Waals surface area (Å²) in [7, 11) is 1.39. The molecule has 0 bridgehead atoms. The number of methoxy groups -OCH3 is 1. The fraction of sp³-hybridized carbons (Fsp3) is 0.458. The number of hydrogen-bond donors (Lipinski definition) is 0. The van der Waals surface area contributed by atoms with Crippen molar-refractivity contribution >= 4 is 29.3 Å². The van der Waals surface area contributed by atoms with Crippen LogP contribution in [0.3, 0.4) is 0 Å². The molecule has 31 heavy (non-hydrogen) atoms. The number of nitrogens with zero attached hydrogens (tertiary/aromatic N) is 2. The number of amides is 1. The highest BCUT2D eigenvalue weighted by Crippen LogP contribution is 2.40. The first-order valence-electron chi connectivity index (χ1n) is 10.8. The van der Waals surface area contributed by atoms with Crippen molar-refractivity contribution in [1.82, 2.24) is 9.88 Å². The summed E-state index contributed by atoms with van der Waals surface area (Å²) in [5, 5.41) is 2.99. The molecule has 1 amide bonds. The van der Waals surface area contributed by atoms with Crippen molar-refractivity contribution in [1.29, 1.82) is 0 Å². The maximum Gasteiger partial charge on any atom is 0.328 e. The molecule has 1 aliphatic heterocycles. The number of carbonyl (C=O) groups is 2. The number of benzene rings is 1. The summed E-state index contributed by atoms with van der Waals surface area (Å²) in [6.07, 6.45) is 8.30. The average Bonchev–Trinajstić information content (AvgIpc) is 3.39. The van der Waals surface area contributed by atoms with Crippen molar-refractivity contribution in [2.45, 2.75) is 57.7 Å². The van der Waals surface area contributed by atoms with Crippen LogP contribution in [0.15, 0.2) is 35.7 Å². The Balaban J connectivity index is 1.49. The summed E-state index contributed by atoms with van der Waals surface area (Å²) in [4.78, 5) is 31.7. The molecule has 1 saturated carbocycles. The zero-order valence-electron chi connectivity index (χ0n) is 18.0. The number of carbonyl (C=O) groups excluding carboxylic acids is 2. The van der Waals surface area contributed by atoms with Gasteiger partial charge in [0.25, 0.3) is 0 Å². The van der Waals surface area contributed by atoms with E-state index in [9.17, 15) is 9.59 Å². The SMILES string of the molecule is COC(=O)C1CC2CCCCC2N1C(=O)/C=C/c1ccccc1OCc1csc(C)n1. The number of rotatable bonds is 6. The quantitative estimate of drug-likeness (QED) is 0.493. The van der Waals surface area contributed by atoms with E-state index in [4.69, 9.17) is 9.47 Å². The van der Waals surface area contributed by atoms with Crippen LogP contribution in [0.4, 0.5) is 0 Å². The number of thiazole rings is 1. The molecule has 1 aromatic carbocycles. The molecule has 4 rings (SSSR count). The van der Waals surface area contributed by atoms with Gasteiger partial charge in [0.15, 0.2) is 0 Å². The molecule has 2 aliphatic rings. The van der Waals surface area contributed by atoms with Crippen LogP contribution in [-0.4, -0.2) is 41.0 Å². The molecule has 2 heterocycles. The van der Waals surface area contributed by atoms with E-state index in [1.54, 1.807) is 28.4 Å². The lowest BCUT2D eigenvalue weighted by Gasteiger charge is -2.32.